The van der Waals surface area contributed by atoms with Gasteiger partial charge in [-0.1, -0.05) is 33.6 Å². The molecule has 24 heavy (non-hydrogen) atoms. The van der Waals surface area contributed by atoms with Crippen LogP contribution in [0.4, 0.5) is 0 Å². The van der Waals surface area contributed by atoms with Gasteiger partial charge in [-0.2, -0.15) is 0 Å². The van der Waals surface area contributed by atoms with Gasteiger partial charge in [-0.05, 0) is 43.3 Å². The smallest absolute Gasteiger partial charge is 0.185 e. The van der Waals surface area contributed by atoms with Gasteiger partial charge in [0.25, 0.3) is 0 Å². The Morgan fingerprint density at radius 2 is 2.08 bits per heavy atom. The minimum atomic E-state index is -0.127. The lowest BCUT2D eigenvalue weighted by Crippen LogP contribution is -1.97. The largest absolute Gasteiger partial charge is 0.507 e. The quantitative estimate of drug-likeness (QED) is 0.393. The number of halogens is 1. The topological polar surface area (TPSA) is 46.5 Å². The molecule has 1 N–H and O–H groups in total. The van der Waals surface area contributed by atoms with Crippen LogP contribution in [0, 0.1) is 0 Å². The SMILES string of the molecule is C=C(C)CCOc1ccc(/C=C/C(=O)c2cccc(Br)c2)c(O)c1. The van der Waals surface area contributed by atoms with Crippen LogP contribution in [0.2, 0.25) is 0 Å². The molecule has 124 valence electrons. The van der Waals surface area contributed by atoms with Crippen molar-refractivity contribution in [1.82, 2.24) is 0 Å². The molecule has 0 spiro atoms. The third kappa shape index (κ3) is 5.39. The number of ketones is 1. The lowest BCUT2D eigenvalue weighted by molar-refractivity contribution is 0.104. The summed E-state index contributed by atoms with van der Waals surface area (Å²) in [6.45, 7) is 6.28. The summed E-state index contributed by atoms with van der Waals surface area (Å²) >= 11 is 3.34. The van der Waals surface area contributed by atoms with Crippen LogP contribution in [0.3, 0.4) is 0 Å². The van der Waals surface area contributed by atoms with Crippen LogP contribution < -0.4 is 4.74 Å². The molecule has 3 nitrogen and oxygen atoms in total. The predicted molar refractivity (Wildman–Crippen MR) is 101 cm³/mol. The fraction of sp³-hybridized carbons (Fsp3) is 0.150. The lowest BCUT2D eigenvalue weighted by atomic mass is 10.1. The number of aromatic hydroxyl groups is 1. The Labute approximate surface area is 150 Å². The molecule has 0 aromatic heterocycles. The van der Waals surface area contributed by atoms with Gasteiger partial charge in [-0.3, -0.25) is 4.79 Å². The molecule has 0 saturated heterocycles. The van der Waals surface area contributed by atoms with Crippen LogP contribution in [0.15, 0.2) is 65.2 Å². The van der Waals surface area contributed by atoms with Gasteiger partial charge < -0.3 is 9.84 Å². The summed E-state index contributed by atoms with van der Waals surface area (Å²) in [7, 11) is 0. The van der Waals surface area contributed by atoms with E-state index in [1.54, 1.807) is 42.5 Å². The number of hydrogen-bond donors (Lipinski definition) is 1. The molecule has 2 rings (SSSR count). The molecule has 2 aromatic carbocycles. The van der Waals surface area contributed by atoms with Crippen molar-refractivity contribution in [2.75, 3.05) is 6.61 Å². The minimum Gasteiger partial charge on any atom is -0.507 e. The number of phenols is 1. The van der Waals surface area contributed by atoms with E-state index in [0.29, 0.717) is 23.5 Å². The Hall–Kier alpha value is -2.33. The highest BCUT2D eigenvalue weighted by Gasteiger charge is 2.04. The van der Waals surface area contributed by atoms with Gasteiger partial charge in [0, 0.05) is 28.1 Å². The second-order valence-corrected chi connectivity index (χ2v) is 6.40. The van der Waals surface area contributed by atoms with E-state index in [9.17, 15) is 9.90 Å². The number of carbonyl (C=O) groups is 1. The Morgan fingerprint density at radius 3 is 2.75 bits per heavy atom. The minimum absolute atomic E-state index is 0.0705. The molecule has 0 unspecified atom stereocenters. The highest BCUT2D eigenvalue weighted by atomic mass is 79.9. The molecular formula is C20H19BrO3. The molecule has 4 heteroatoms. The van der Waals surface area contributed by atoms with Gasteiger partial charge in [-0.15, -0.1) is 6.58 Å². The maximum Gasteiger partial charge on any atom is 0.185 e. The third-order valence-electron chi connectivity index (χ3n) is 3.32. The predicted octanol–water partition coefficient (Wildman–Crippen LogP) is 5.40. The highest BCUT2D eigenvalue weighted by molar-refractivity contribution is 9.10. The van der Waals surface area contributed by atoms with Crippen molar-refractivity contribution in [3.63, 3.8) is 0 Å². The second kappa shape index (κ2) is 8.50. The van der Waals surface area contributed by atoms with Crippen LogP contribution >= 0.6 is 15.9 Å². The van der Waals surface area contributed by atoms with Crippen LogP contribution in [-0.4, -0.2) is 17.5 Å². The van der Waals surface area contributed by atoms with E-state index in [2.05, 4.69) is 22.5 Å². The van der Waals surface area contributed by atoms with E-state index in [0.717, 1.165) is 16.5 Å². The molecule has 0 saturated carbocycles. The summed E-state index contributed by atoms with van der Waals surface area (Å²) in [5.41, 5.74) is 2.19. The average molecular weight is 387 g/mol. The molecule has 0 radical (unpaired) electrons. The third-order valence-corrected chi connectivity index (χ3v) is 3.82. The van der Waals surface area contributed by atoms with Crippen LogP contribution in [0.5, 0.6) is 11.5 Å². The second-order valence-electron chi connectivity index (χ2n) is 5.48. The fourth-order valence-corrected chi connectivity index (χ4v) is 2.40. The van der Waals surface area contributed by atoms with Crippen molar-refractivity contribution in [3.05, 3.63) is 76.3 Å². The van der Waals surface area contributed by atoms with Crippen molar-refractivity contribution in [2.45, 2.75) is 13.3 Å². The van der Waals surface area contributed by atoms with E-state index >= 15 is 0 Å². The van der Waals surface area contributed by atoms with E-state index in [4.69, 9.17) is 4.74 Å². The van der Waals surface area contributed by atoms with Crippen LogP contribution in [0.25, 0.3) is 6.08 Å². The van der Waals surface area contributed by atoms with E-state index in [1.807, 2.05) is 13.0 Å². The molecule has 0 aliphatic heterocycles. The first-order valence-electron chi connectivity index (χ1n) is 7.54. The zero-order valence-corrected chi connectivity index (χ0v) is 15.0. The molecule has 0 bridgehead atoms. The van der Waals surface area contributed by atoms with Gasteiger partial charge in [0.15, 0.2) is 5.78 Å². The van der Waals surface area contributed by atoms with E-state index < -0.39 is 0 Å². The monoisotopic (exact) mass is 386 g/mol. The Kier molecular flexibility index (Phi) is 6.38. The number of allylic oxidation sites excluding steroid dienone is 1. The number of phenolic OH excluding ortho intramolecular Hbond substituents is 1. The first-order valence-corrected chi connectivity index (χ1v) is 8.33. The molecule has 0 aliphatic rings. The summed E-state index contributed by atoms with van der Waals surface area (Å²) < 4.78 is 6.39. The number of hydrogen-bond acceptors (Lipinski definition) is 3. The molecular weight excluding hydrogens is 368 g/mol. The van der Waals surface area contributed by atoms with Crippen molar-refractivity contribution in [2.24, 2.45) is 0 Å². The molecule has 0 atom stereocenters. The van der Waals surface area contributed by atoms with Crippen molar-refractivity contribution >= 4 is 27.8 Å². The normalized spacial score (nSPS) is 10.8. The van der Waals surface area contributed by atoms with Crippen LogP contribution in [0.1, 0.15) is 29.3 Å². The van der Waals surface area contributed by atoms with E-state index in [1.165, 1.54) is 6.08 Å². The Morgan fingerprint density at radius 1 is 1.29 bits per heavy atom. The number of benzene rings is 2. The molecule has 0 aliphatic carbocycles. The molecule has 2 aromatic rings. The number of carbonyl (C=O) groups excluding carboxylic acids is 1. The highest BCUT2D eigenvalue weighted by Crippen LogP contribution is 2.25. The summed E-state index contributed by atoms with van der Waals surface area (Å²) in [5, 5.41) is 10.1. The van der Waals surface area contributed by atoms with Crippen molar-refractivity contribution < 1.29 is 14.6 Å². The van der Waals surface area contributed by atoms with Gasteiger partial charge in [0.2, 0.25) is 0 Å². The summed E-state index contributed by atoms with van der Waals surface area (Å²) in [6.07, 6.45) is 3.80. The fourth-order valence-electron chi connectivity index (χ4n) is 2.00. The summed E-state index contributed by atoms with van der Waals surface area (Å²) in [4.78, 5) is 12.1. The first-order chi connectivity index (χ1) is 11.5. The lowest BCUT2D eigenvalue weighted by Gasteiger charge is -2.07. The average Bonchev–Trinajstić information content (AvgIpc) is 2.53. The zero-order chi connectivity index (χ0) is 17.5. The van der Waals surface area contributed by atoms with Crippen molar-refractivity contribution in [1.29, 1.82) is 0 Å². The Bertz CT molecular complexity index is 778. The summed E-state index contributed by atoms with van der Waals surface area (Å²) in [6, 6.07) is 12.2. The maximum absolute atomic E-state index is 12.1. The zero-order valence-electron chi connectivity index (χ0n) is 13.5. The van der Waals surface area contributed by atoms with Gasteiger partial charge in [-0.25, -0.2) is 0 Å². The molecule has 0 fully saturated rings. The standard InChI is InChI=1S/C20H19BrO3/c1-14(2)10-11-24-18-8-6-15(20(23)13-18)7-9-19(22)16-4-3-5-17(21)12-16/h3-9,12-13,23H,1,10-11H2,2H3/b9-7+. The van der Waals surface area contributed by atoms with Gasteiger partial charge >= 0.3 is 0 Å². The molecule has 0 heterocycles. The molecule has 0 amide bonds. The Balaban J connectivity index is 2.04. The van der Waals surface area contributed by atoms with E-state index in [-0.39, 0.29) is 11.5 Å². The summed E-state index contributed by atoms with van der Waals surface area (Å²) in [5.74, 6) is 0.530. The van der Waals surface area contributed by atoms with Gasteiger partial charge in [0.05, 0.1) is 6.61 Å². The maximum atomic E-state index is 12.1. The van der Waals surface area contributed by atoms with Gasteiger partial charge in [0.1, 0.15) is 11.5 Å². The van der Waals surface area contributed by atoms with Crippen LogP contribution in [-0.2, 0) is 0 Å². The first kappa shape index (κ1) is 18.0. The van der Waals surface area contributed by atoms with Crippen molar-refractivity contribution in [3.8, 4) is 11.5 Å². The number of rotatable bonds is 7. The number of ether oxygens (including phenoxy) is 1.